The molecule has 0 spiro atoms. The van der Waals surface area contributed by atoms with E-state index in [4.69, 9.17) is 18.9 Å². The largest absolute Gasteiger partial charge is 0.493 e. The Bertz CT molecular complexity index is 623. The molecule has 2 aliphatic heterocycles. The van der Waals surface area contributed by atoms with Gasteiger partial charge in [-0.2, -0.15) is 0 Å². The van der Waals surface area contributed by atoms with E-state index in [1.807, 2.05) is 17.0 Å². The third-order valence-corrected chi connectivity index (χ3v) is 5.07. The molecule has 3 rings (SSSR count). The molecule has 26 heavy (non-hydrogen) atoms. The molecule has 7 nitrogen and oxygen atoms in total. The van der Waals surface area contributed by atoms with Crippen LogP contribution in [0.2, 0.25) is 0 Å². The van der Waals surface area contributed by atoms with Gasteiger partial charge in [-0.25, -0.2) is 0 Å². The van der Waals surface area contributed by atoms with Crippen LogP contribution >= 0.6 is 0 Å². The fraction of sp³-hybridized carbons (Fsp3) is 0.632. The highest BCUT2D eigenvalue weighted by molar-refractivity contribution is 5.81. The van der Waals surface area contributed by atoms with Crippen LogP contribution in [0.25, 0.3) is 0 Å². The van der Waals surface area contributed by atoms with Crippen LogP contribution in [-0.4, -0.2) is 75.9 Å². The molecular weight excluding hydrogens is 336 g/mol. The summed E-state index contributed by atoms with van der Waals surface area (Å²) < 4.78 is 21.9. The predicted molar refractivity (Wildman–Crippen MR) is 96.9 cm³/mol. The highest BCUT2D eigenvalue weighted by atomic mass is 16.5. The third kappa shape index (κ3) is 3.88. The zero-order chi connectivity index (χ0) is 18.5. The lowest BCUT2D eigenvalue weighted by Gasteiger charge is -2.36. The van der Waals surface area contributed by atoms with Gasteiger partial charge >= 0.3 is 0 Å². The second kappa shape index (κ2) is 8.60. The van der Waals surface area contributed by atoms with Gasteiger partial charge in [0.2, 0.25) is 5.75 Å². The minimum atomic E-state index is -0.229. The second-order valence-corrected chi connectivity index (χ2v) is 6.60. The molecule has 1 aromatic rings. The Morgan fingerprint density at radius 3 is 2.38 bits per heavy atom. The van der Waals surface area contributed by atoms with Gasteiger partial charge in [0.05, 0.1) is 21.3 Å². The number of hydrogen-bond donors (Lipinski definition) is 0. The molecule has 7 heteroatoms. The predicted octanol–water partition coefficient (Wildman–Crippen LogP) is 1.54. The van der Waals surface area contributed by atoms with Gasteiger partial charge in [-0.3, -0.25) is 9.69 Å². The number of ether oxygens (including phenoxy) is 4. The Hall–Kier alpha value is -1.99. The third-order valence-electron chi connectivity index (χ3n) is 5.07. The van der Waals surface area contributed by atoms with E-state index >= 15 is 0 Å². The summed E-state index contributed by atoms with van der Waals surface area (Å²) in [6, 6.07) is 3.90. The lowest BCUT2D eigenvalue weighted by molar-refractivity contribution is -0.142. The zero-order valence-electron chi connectivity index (χ0n) is 15.8. The van der Waals surface area contributed by atoms with Crippen molar-refractivity contribution in [1.82, 2.24) is 9.80 Å². The van der Waals surface area contributed by atoms with E-state index in [2.05, 4.69) is 4.90 Å². The van der Waals surface area contributed by atoms with Crippen LogP contribution in [-0.2, 0) is 16.1 Å². The molecule has 2 aliphatic rings. The molecule has 144 valence electrons. The van der Waals surface area contributed by atoms with E-state index in [-0.39, 0.29) is 12.0 Å². The number of carbonyl (C=O) groups excluding carboxylic acids is 1. The van der Waals surface area contributed by atoms with Crippen molar-refractivity contribution in [3.63, 3.8) is 0 Å². The molecule has 2 saturated heterocycles. The maximum atomic E-state index is 12.5. The maximum absolute atomic E-state index is 12.5. The van der Waals surface area contributed by atoms with Crippen molar-refractivity contribution in [2.75, 3.05) is 54.1 Å². The van der Waals surface area contributed by atoms with Crippen molar-refractivity contribution in [2.24, 2.45) is 0 Å². The van der Waals surface area contributed by atoms with Crippen LogP contribution in [0.15, 0.2) is 12.1 Å². The Kier molecular flexibility index (Phi) is 6.21. The molecule has 0 bridgehead atoms. The lowest BCUT2D eigenvalue weighted by Crippen LogP contribution is -2.51. The maximum Gasteiger partial charge on any atom is 0.251 e. The molecule has 1 unspecified atom stereocenters. The Morgan fingerprint density at radius 1 is 1.08 bits per heavy atom. The monoisotopic (exact) mass is 364 g/mol. The lowest BCUT2D eigenvalue weighted by atomic mass is 10.1. The number of carbonyl (C=O) groups is 1. The summed E-state index contributed by atoms with van der Waals surface area (Å²) in [7, 11) is 4.86. The summed E-state index contributed by atoms with van der Waals surface area (Å²) in [6.07, 6.45) is 1.60. The summed E-state index contributed by atoms with van der Waals surface area (Å²) in [5.41, 5.74) is 1.05. The highest BCUT2D eigenvalue weighted by Gasteiger charge is 2.30. The van der Waals surface area contributed by atoms with Gasteiger partial charge in [-0.05, 0) is 18.9 Å². The second-order valence-electron chi connectivity index (χ2n) is 6.60. The quantitative estimate of drug-likeness (QED) is 0.763. The molecular formula is C19H28N2O5. The molecule has 0 N–H and O–H groups in total. The van der Waals surface area contributed by atoms with E-state index in [1.54, 1.807) is 21.3 Å². The molecule has 2 heterocycles. The van der Waals surface area contributed by atoms with Crippen molar-refractivity contribution >= 4 is 5.91 Å². The first-order chi connectivity index (χ1) is 12.7. The zero-order valence-corrected chi connectivity index (χ0v) is 15.8. The van der Waals surface area contributed by atoms with E-state index in [0.29, 0.717) is 23.9 Å². The molecule has 2 fully saturated rings. The summed E-state index contributed by atoms with van der Waals surface area (Å²) in [4.78, 5) is 16.7. The minimum absolute atomic E-state index is 0.144. The van der Waals surface area contributed by atoms with Crippen molar-refractivity contribution < 1.29 is 23.7 Å². The highest BCUT2D eigenvalue weighted by Crippen LogP contribution is 2.40. The van der Waals surface area contributed by atoms with Crippen molar-refractivity contribution in [3.05, 3.63) is 17.7 Å². The first-order valence-electron chi connectivity index (χ1n) is 9.08. The van der Waals surface area contributed by atoms with E-state index < -0.39 is 0 Å². The van der Waals surface area contributed by atoms with Crippen LogP contribution in [0.1, 0.15) is 18.4 Å². The van der Waals surface area contributed by atoms with E-state index in [9.17, 15) is 4.79 Å². The average molecular weight is 364 g/mol. The standard InChI is InChI=1S/C19H28N2O5/c1-23-15-7-6-14(17(24-2)18(15)25-3)13-20-8-10-21(11-9-20)19(22)16-5-4-12-26-16/h6-7,16H,4-5,8-13H2,1-3H3. The topological polar surface area (TPSA) is 60.5 Å². The fourth-order valence-corrected chi connectivity index (χ4v) is 3.63. The van der Waals surface area contributed by atoms with Crippen LogP contribution in [0.3, 0.4) is 0 Å². The normalized spacial score (nSPS) is 20.9. The molecule has 0 saturated carbocycles. The Morgan fingerprint density at radius 2 is 1.81 bits per heavy atom. The SMILES string of the molecule is COc1ccc(CN2CCN(C(=O)C3CCCO3)CC2)c(OC)c1OC. The number of piperazine rings is 1. The first kappa shape index (κ1) is 18.8. The minimum Gasteiger partial charge on any atom is -0.493 e. The number of amides is 1. The van der Waals surface area contributed by atoms with Crippen LogP contribution in [0.5, 0.6) is 17.2 Å². The van der Waals surface area contributed by atoms with Crippen molar-refractivity contribution in [2.45, 2.75) is 25.5 Å². The van der Waals surface area contributed by atoms with Gasteiger partial charge in [-0.1, -0.05) is 6.07 Å². The van der Waals surface area contributed by atoms with Gasteiger partial charge in [0.15, 0.2) is 11.5 Å². The van der Waals surface area contributed by atoms with Crippen LogP contribution in [0, 0.1) is 0 Å². The number of methoxy groups -OCH3 is 3. The van der Waals surface area contributed by atoms with E-state index in [1.165, 1.54) is 0 Å². The number of nitrogens with zero attached hydrogens (tertiary/aromatic N) is 2. The molecule has 1 atom stereocenters. The van der Waals surface area contributed by atoms with Crippen molar-refractivity contribution in [3.8, 4) is 17.2 Å². The van der Waals surface area contributed by atoms with Gasteiger partial charge in [-0.15, -0.1) is 0 Å². The smallest absolute Gasteiger partial charge is 0.251 e. The summed E-state index contributed by atoms with van der Waals surface area (Å²) in [5.74, 6) is 2.11. The molecule has 0 aliphatic carbocycles. The first-order valence-corrected chi connectivity index (χ1v) is 9.08. The van der Waals surface area contributed by atoms with Gasteiger partial charge in [0.25, 0.3) is 5.91 Å². The molecule has 0 aromatic heterocycles. The average Bonchev–Trinajstić information content (AvgIpc) is 3.22. The summed E-state index contributed by atoms with van der Waals surface area (Å²) in [5, 5.41) is 0. The summed E-state index contributed by atoms with van der Waals surface area (Å²) in [6.45, 7) is 4.56. The van der Waals surface area contributed by atoms with E-state index in [0.717, 1.165) is 51.1 Å². The molecule has 1 amide bonds. The Labute approximate surface area is 154 Å². The number of benzene rings is 1. The van der Waals surface area contributed by atoms with Gasteiger partial charge in [0.1, 0.15) is 6.10 Å². The Balaban J connectivity index is 1.61. The van der Waals surface area contributed by atoms with Crippen molar-refractivity contribution in [1.29, 1.82) is 0 Å². The van der Waals surface area contributed by atoms with Gasteiger partial charge in [0, 0.05) is 44.9 Å². The molecule has 1 aromatic carbocycles. The molecule has 0 radical (unpaired) electrons. The summed E-state index contributed by atoms with van der Waals surface area (Å²) >= 11 is 0. The van der Waals surface area contributed by atoms with Crippen LogP contribution < -0.4 is 14.2 Å². The fourth-order valence-electron chi connectivity index (χ4n) is 3.63. The van der Waals surface area contributed by atoms with Gasteiger partial charge < -0.3 is 23.8 Å². The van der Waals surface area contributed by atoms with Crippen LogP contribution in [0.4, 0.5) is 0 Å². The number of hydrogen-bond acceptors (Lipinski definition) is 6. The number of rotatable bonds is 6.